The molecule has 0 atom stereocenters. The number of carbonyl (C=O) groups excluding carboxylic acids is 1. The maximum Gasteiger partial charge on any atom is 0.256 e. The largest absolute Gasteiger partial charge is 0.493 e. The Kier molecular flexibility index (Phi) is 5.00. The number of benzene rings is 2. The van der Waals surface area contributed by atoms with E-state index in [1.54, 1.807) is 44.2 Å². The topological polar surface area (TPSA) is 65.4 Å². The van der Waals surface area contributed by atoms with Crippen molar-refractivity contribution in [2.75, 3.05) is 19.5 Å². The zero-order valence-corrected chi connectivity index (χ0v) is 16.8. The van der Waals surface area contributed by atoms with Crippen LogP contribution in [0.1, 0.15) is 27.2 Å². The summed E-state index contributed by atoms with van der Waals surface area (Å²) in [6.07, 6.45) is 0. The molecule has 1 aliphatic rings. The number of aromatic nitrogens is 2. The molecule has 1 aliphatic heterocycles. The number of aryl methyl sites for hydroxylation is 1. The first kappa shape index (κ1) is 18.4. The molecule has 0 spiro atoms. The van der Waals surface area contributed by atoms with E-state index in [4.69, 9.17) is 14.6 Å². The van der Waals surface area contributed by atoms with Crippen molar-refractivity contribution >= 4 is 23.5 Å². The Labute approximate surface area is 167 Å². The van der Waals surface area contributed by atoms with Crippen LogP contribution in [0.4, 0.5) is 5.82 Å². The van der Waals surface area contributed by atoms with Crippen LogP contribution in [0.2, 0.25) is 0 Å². The van der Waals surface area contributed by atoms with Gasteiger partial charge in [0, 0.05) is 22.6 Å². The Morgan fingerprint density at radius 2 is 1.89 bits per heavy atom. The Morgan fingerprint density at radius 1 is 1.11 bits per heavy atom. The Bertz CT molecular complexity index is 1050. The number of carbonyl (C=O) groups is 1. The number of para-hydroxylation sites is 1. The molecule has 3 aromatic rings. The molecule has 0 bridgehead atoms. The molecule has 0 aliphatic carbocycles. The van der Waals surface area contributed by atoms with Crippen LogP contribution in [0.15, 0.2) is 42.5 Å². The van der Waals surface area contributed by atoms with E-state index in [1.165, 1.54) is 0 Å². The first-order valence-corrected chi connectivity index (χ1v) is 10.1. The summed E-state index contributed by atoms with van der Waals surface area (Å²) < 4.78 is 12.4. The molecule has 0 saturated heterocycles. The van der Waals surface area contributed by atoms with Crippen molar-refractivity contribution in [1.29, 1.82) is 0 Å². The number of nitrogens with zero attached hydrogens (tertiary/aromatic N) is 2. The van der Waals surface area contributed by atoms with Crippen LogP contribution in [0, 0.1) is 6.92 Å². The summed E-state index contributed by atoms with van der Waals surface area (Å²) in [5.74, 6) is 3.31. The average molecular weight is 395 g/mol. The van der Waals surface area contributed by atoms with Crippen LogP contribution in [-0.2, 0) is 11.5 Å². The molecule has 6 nitrogen and oxygen atoms in total. The third-order valence-corrected chi connectivity index (χ3v) is 5.74. The first-order chi connectivity index (χ1) is 13.6. The summed E-state index contributed by atoms with van der Waals surface area (Å²) in [5, 5.41) is 7.84. The van der Waals surface area contributed by atoms with Gasteiger partial charge >= 0.3 is 0 Å². The van der Waals surface area contributed by atoms with Crippen LogP contribution < -0.4 is 14.8 Å². The second-order valence-electron chi connectivity index (χ2n) is 6.49. The summed E-state index contributed by atoms with van der Waals surface area (Å²) in [5.41, 5.74) is 4.66. The van der Waals surface area contributed by atoms with Crippen LogP contribution in [0.25, 0.3) is 5.69 Å². The number of rotatable bonds is 5. The summed E-state index contributed by atoms with van der Waals surface area (Å²) >= 11 is 1.80. The number of thioether (sulfide) groups is 1. The number of ether oxygens (including phenoxy) is 2. The molecule has 144 valence electrons. The van der Waals surface area contributed by atoms with Gasteiger partial charge in [0.05, 0.1) is 25.6 Å². The normalized spacial score (nSPS) is 12.5. The van der Waals surface area contributed by atoms with E-state index in [-0.39, 0.29) is 5.91 Å². The van der Waals surface area contributed by atoms with Crippen molar-refractivity contribution < 1.29 is 14.3 Å². The highest BCUT2D eigenvalue weighted by molar-refractivity contribution is 7.98. The van der Waals surface area contributed by atoms with Crippen molar-refractivity contribution in [3.8, 4) is 17.2 Å². The fraction of sp³-hybridized carbons (Fsp3) is 0.238. The van der Waals surface area contributed by atoms with Gasteiger partial charge in [-0.2, -0.15) is 16.9 Å². The highest BCUT2D eigenvalue weighted by Crippen LogP contribution is 2.37. The van der Waals surface area contributed by atoms with Gasteiger partial charge in [-0.25, -0.2) is 4.68 Å². The third kappa shape index (κ3) is 3.22. The van der Waals surface area contributed by atoms with Gasteiger partial charge in [-0.05, 0) is 36.8 Å². The van der Waals surface area contributed by atoms with Crippen molar-refractivity contribution in [3.05, 3.63) is 64.8 Å². The molecule has 2 aromatic carbocycles. The summed E-state index contributed by atoms with van der Waals surface area (Å²) in [6.45, 7) is 2.04. The number of nitrogens with one attached hydrogen (secondary N) is 1. The molecule has 28 heavy (non-hydrogen) atoms. The maximum absolute atomic E-state index is 13.0. The van der Waals surface area contributed by atoms with E-state index in [0.29, 0.717) is 17.1 Å². The van der Waals surface area contributed by atoms with Crippen LogP contribution in [0.3, 0.4) is 0 Å². The summed E-state index contributed by atoms with van der Waals surface area (Å²) in [7, 11) is 3.12. The molecular formula is C21H21N3O3S. The second kappa shape index (κ2) is 7.59. The van der Waals surface area contributed by atoms with E-state index in [2.05, 4.69) is 5.32 Å². The zero-order chi connectivity index (χ0) is 19.7. The fourth-order valence-electron chi connectivity index (χ4n) is 3.27. The lowest BCUT2D eigenvalue weighted by Gasteiger charge is -2.14. The van der Waals surface area contributed by atoms with Crippen molar-refractivity contribution in [1.82, 2.24) is 9.78 Å². The number of methoxy groups -OCH3 is 2. The van der Waals surface area contributed by atoms with E-state index >= 15 is 0 Å². The number of hydrogen-bond acceptors (Lipinski definition) is 5. The van der Waals surface area contributed by atoms with E-state index in [1.807, 2.05) is 35.9 Å². The monoisotopic (exact) mass is 395 g/mol. The molecule has 4 rings (SSSR count). The highest BCUT2D eigenvalue weighted by atomic mass is 32.2. The Morgan fingerprint density at radius 3 is 2.64 bits per heavy atom. The lowest BCUT2D eigenvalue weighted by molar-refractivity contribution is 0.102. The van der Waals surface area contributed by atoms with Gasteiger partial charge in [0.2, 0.25) is 0 Å². The average Bonchev–Trinajstić information content (AvgIpc) is 3.30. The third-order valence-electron chi connectivity index (χ3n) is 4.77. The molecule has 7 heteroatoms. The molecular weight excluding hydrogens is 374 g/mol. The predicted octanol–water partition coefficient (Wildman–Crippen LogP) is 4.20. The van der Waals surface area contributed by atoms with Crippen LogP contribution in [0.5, 0.6) is 11.5 Å². The number of hydrogen-bond donors (Lipinski definition) is 1. The SMILES string of the molecule is COc1ccc(C(=O)Nc2c3c(nn2-c2ccccc2C)CSC3)cc1OC. The lowest BCUT2D eigenvalue weighted by atomic mass is 10.1. The van der Waals surface area contributed by atoms with E-state index in [0.717, 1.165) is 39.8 Å². The van der Waals surface area contributed by atoms with Crippen LogP contribution >= 0.6 is 11.8 Å². The molecule has 0 fully saturated rings. The van der Waals surface area contributed by atoms with Crippen LogP contribution in [-0.4, -0.2) is 29.9 Å². The van der Waals surface area contributed by atoms with Crippen molar-refractivity contribution in [3.63, 3.8) is 0 Å². The lowest BCUT2D eigenvalue weighted by Crippen LogP contribution is -2.16. The molecule has 0 radical (unpaired) electrons. The molecule has 0 saturated carbocycles. The Balaban J connectivity index is 1.72. The Hall–Kier alpha value is -2.93. The van der Waals surface area contributed by atoms with Crippen molar-refractivity contribution in [2.24, 2.45) is 0 Å². The van der Waals surface area contributed by atoms with Gasteiger partial charge in [0.25, 0.3) is 5.91 Å². The molecule has 1 N–H and O–H groups in total. The molecule has 1 amide bonds. The minimum Gasteiger partial charge on any atom is -0.493 e. The number of amides is 1. The predicted molar refractivity (Wildman–Crippen MR) is 111 cm³/mol. The van der Waals surface area contributed by atoms with Gasteiger partial charge in [0.1, 0.15) is 5.82 Å². The fourth-order valence-corrected chi connectivity index (χ4v) is 4.31. The van der Waals surface area contributed by atoms with Gasteiger partial charge in [0.15, 0.2) is 11.5 Å². The standard InChI is InChI=1S/C21H21N3O3S/c1-13-6-4-5-7-17(13)24-20(15-11-28-12-16(15)23-24)22-21(25)14-8-9-18(26-2)19(10-14)27-3/h4-10H,11-12H2,1-3H3,(H,22,25). The quantitative estimate of drug-likeness (QED) is 0.701. The summed E-state index contributed by atoms with van der Waals surface area (Å²) in [6, 6.07) is 13.1. The minimum absolute atomic E-state index is 0.213. The first-order valence-electron chi connectivity index (χ1n) is 8.90. The molecule has 2 heterocycles. The highest BCUT2D eigenvalue weighted by Gasteiger charge is 2.25. The van der Waals surface area contributed by atoms with Gasteiger partial charge < -0.3 is 14.8 Å². The summed E-state index contributed by atoms with van der Waals surface area (Å²) in [4.78, 5) is 13.0. The van der Waals surface area contributed by atoms with Gasteiger partial charge in [-0.1, -0.05) is 18.2 Å². The molecule has 0 unspecified atom stereocenters. The second-order valence-corrected chi connectivity index (χ2v) is 7.47. The van der Waals surface area contributed by atoms with Gasteiger partial charge in [-0.15, -0.1) is 0 Å². The minimum atomic E-state index is -0.213. The number of anilines is 1. The number of fused-ring (bicyclic) bond motifs is 1. The van der Waals surface area contributed by atoms with Gasteiger partial charge in [-0.3, -0.25) is 4.79 Å². The zero-order valence-electron chi connectivity index (χ0n) is 16.0. The van der Waals surface area contributed by atoms with Crippen molar-refractivity contribution in [2.45, 2.75) is 18.4 Å². The van der Waals surface area contributed by atoms with E-state index < -0.39 is 0 Å². The molecule has 1 aromatic heterocycles. The smallest absolute Gasteiger partial charge is 0.256 e. The maximum atomic E-state index is 13.0. The van der Waals surface area contributed by atoms with E-state index in [9.17, 15) is 4.79 Å².